The second kappa shape index (κ2) is 8.55. The highest BCUT2D eigenvalue weighted by Gasteiger charge is 2.28. The predicted molar refractivity (Wildman–Crippen MR) is 91.3 cm³/mol. The van der Waals surface area contributed by atoms with E-state index in [-0.39, 0.29) is 30.8 Å². The third-order valence-corrected chi connectivity index (χ3v) is 4.20. The van der Waals surface area contributed by atoms with Gasteiger partial charge >= 0.3 is 0 Å². The van der Waals surface area contributed by atoms with E-state index in [4.69, 9.17) is 5.73 Å². The number of piperidine rings is 1. The minimum atomic E-state index is -0.574. The number of hydrogen-bond donors (Lipinski definition) is 2. The number of hydrogen-bond acceptors (Lipinski definition) is 5. The first-order valence-electron chi connectivity index (χ1n) is 8.53. The summed E-state index contributed by atoms with van der Waals surface area (Å²) in [6.07, 6.45) is 3.53. The Labute approximate surface area is 147 Å². The maximum Gasteiger partial charge on any atom is 0.236 e. The number of likely N-dealkylation sites (tertiary alicyclic amines) is 1. The standard InChI is InChI=1S/C17H25N5O3/c1-11-9-13(6-7-16(25)19-10-15(18)24)21-17(20-11)14-5-3-4-8-22(14)12(2)23/h9,14H,3-8,10H2,1-2H3,(H2,18,24)(H,19,25)/t14-/m1/s1. The number of nitrogens with zero attached hydrogens (tertiary/aromatic N) is 3. The van der Waals surface area contributed by atoms with Gasteiger partial charge in [0.05, 0.1) is 12.6 Å². The molecule has 1 aliphatic rings. The fourth-order valence-electron chi connectivity index (χ4n) is 3.03. The van der Waals surface area contributed by atoms with Crippen LogP contribution in [0.4, 0.5) is 0 Å². The monoisotopic (exact) mass is 347 g/mol. The summed E-state index contributed by atoms with van der Waals surface area (Å²) in [5.74, 6) is -0.153. The Morgan fingerprint density at radius 3 is 2.76 bits per heavy atom. The lowest BCUT2D eigenvalue weighted by Gasteiger charge is -2.34. The Bertz CT molecular complexity index is 662. The summed E-state index contributed by atoms with van der Waals surface area (Å²) in [7, 11) is 0. The summed E-state index contributed by atoms with van der Waals surface area (Å²) < 4.78 is 0. The molecule has 1 aliphatic heterocycles. The SMILES string of the molecule is CC(=O)N1CCCC[C@@H]1c1nc(C)cc(CCC(=O)NCC(N)=O)n1. The van der Waals surface area contributed by atoms with Gasteiger partial charge in [0.2, 0.25) is 17.7 Å². The summed E-state index contributed by atoms with van der Waals surface area (Å²) in [6.45, 7) is 4.01. The zero-order valence-corrected chi connectivity index (χ0v) is 14.7. The lowest BCUT2D eigenvalue weighted by atomic mass is 10.0. The molecule has 0 spiro atoms. The van der Waals surface area contributed by atoms with Gasteiger partial charge in [-0.25, -0.2) is 9.97 Å². The van der Waals surface area contributed by atoms with Crippen molar-refractivity contribution in [2.75, 3.05) is 13.1 Å². The molecule has 0 aliphatic carbocycles. The van der Waals surface area contributed by atoms with E-state index < -0.39 is 5.91 Å². The largest absolute Gasteiger partial charge is 0.368 e. The van der Waals surface area contributed by atoms with Crippen LogP contribution in [-0.4, -0.2) is 45.7 Å². The average molecular weight is 347 g/mol. The molecule has 0 aromatic carbocycles. The molecular formula is C17H25N5O3. The lowest BCUT2D eigenvalue weighted by Crippen LogP contribution is -2.38. The van der Waals surface area contributed by atoms with Crippen molar-refractivity contribution in [2.45, 2.75) is 52.0 Å². The zero-order chi connectivity index (χ0) is 18.4. The number of rotatable bonds is 6. The highest BCUT2D eigenvalue weighted by atomic mass is 16.2. The molecule has 0 bridgehead atoms. The molecule has 136 valence electrons. The topological polar surface area (TPSA) is 118 Å². The summed E-state index contributed by atoms with van der Waals surface area (Å²) >= 11 is 0. The smallest absolute Gasteiger partial charge is 0.236 e. The fourth-order valence-corrected chi connectivity index (χ4v) is 3.03. The van der Waals surface area contributed by atoms with Gasteiger partial charge in [0.15, 0.2) is 5.82 Å². The van der Waals surface area contributed by atoms with E-state index in [0.717, 1.165) is 37.2 Å². The number of amides is 3. The molecule has 8 heteroatoms. The van der Waals surface area contributed by atoms with Crippen LogP contribution in [0.5, 0.6) is 0 Å². The molecule has 3 N–H and O–H groups in total. The normalized spacial score (nSPS) is 17.2. The van der Waals surface area contributed by atoms with Crippen LogP contribution in [0, 0.1) is 6.92 Å². The lowest BCUT2D eigenvalue weighted by molar-refractivity contribution is -0.132. The summed E-state index contributed by atoms with van der Waals surface area (Å²) in [5.41, 5.74) is 6.57. The molecule has 1 aromatic heterocycles. The molecule has 1 atom stereocenters. The minimum Gasteiger partial charge on any atom is -0.368 e. The Morgan fingerprint density at radius 1 is 1.32 bits per heavy atom. The van der Waals surface area contributed by atoms with E-state index in [0.29, 0.717) is 12.2 Å². The van der Waals surface area contributed by atoms with Crippen LogP contribution in [-0.2, 0) is 20.8 Å². The average Bonchev–Trinajstić information content (AvgIpc) is 2.57. The van der Waals surface area contributed by atoms with Crippen LogP contribution in [0.2, 0.25) is 0 Å². The first-order chi connectivity index (χ1) is 11.9. The number of primary amides is 1. The van der Waals surface area contributed by atoms with E-state index >= 15 is 0 Å². The number of aryl methyl sites for hydroxylation is 2. The molecule has 25 heavy (non-hydrogen) atoms. The van der Waals surface area contributed by atoms with Crippen LogP contribution in [0.15, 0.2) is 6.07 Å². The minimum absolute atomic E-state index is 0.0298. The Hall–Kier alpha value is -2.51. The van der Waals surface area contributed by atoms with Crippen molar-refractivity contribution in [3.63, 3.8) is 0 Å². The Kier molecular flexibility index (Phi) is 6.44. The maximum absolute atomic E-state index is 11.9. The third kappa shape index (κ3) is 5.51. The number of nitrogens with one attached hydrogen (secondary N) is 1. The zero-order valence-electron chi connectivity index (χ0n) is 14.7. The van der Waals surface area contributed by atoms with Gasteiger partial charge in [-0.2, -0.15) is 0 Å². The van der Waals surface area contributed by atoms with Crippen molar-refractivity contribution in [3.8, 4) is 0 Å². The fraction of sp³-hybridized carbons (Fsp3) is 0.588. The van der Waals surface area contributed by atoms with Crippen molar-refractivity contribution in [3.05, 3.63) is 23.3 Å². The van der Waals surface area contributed by atoms with Crippen molar-refractivity contribution in [1.82, 2.24) is 20.2 Å². The van der Waals surface area contributed by atoms with Crippen molar-refractivity contribution in [2.24, 2.45) is 5.73 Å². The number of aromatic nitrogens is 2. The number of carbonyl (C=O) groups excluding carboxylic acids is 3. The molecule has 8 nitrogen and oxygen atoms in total. The van der Waals surface area contributed by atoms with Gasteiger partial charge in [-0.15, -0.1) is 0 Å². The molecule has 2 heterocycles. The molecule has 0 radical (unpaired) electrons. The van der Waals surface area contributed by atoms with Gasteiger partial charge in [0, 0.05) is 31.3 Å². The van der Waals surface area contributed by atoms with Crippen LogP contribution in [0.1, 0.15) is 55.9 Å². The van der Waals surface area contributed by atoms with Crippen molar-refractivity contribution in [1.29, 1.82) is 0 Å². The summed E-state index contributed by atoms with van der Waals surface area (Å²) in [4.78, 5) is 45.2. The molecule has 0 saturated carbocycles. The first kappa shape index (κ1) is 18.8. The van der Waals surface area contributed by atoms with Crippen LogP contribution < -0.4 is 11.1 Å². The molecule has 0 unspecified atom stereocenters. The third-order valence-electron chi connectivity index (χ3n) is 4.20. The molecular weight excluding hydrogens is 322 g/mol. The number of nitrogens with two attached hydrogens (primary N) is 1. The van der Waals surface area contributed by atoms with Crippen LogP contribution >= 0.6 is 0 Å². The number of carbonyl (C=O) groups is 3. The summed E-state index contributed by atoms with van der Waals surface area (Å²) in [5, 5.41) is 2.46. The van der Waals surface area contributed by atoms with Gasteiger partial charge < -0.3 is 16.0 Å². The molecule has 3 amide bonds. The van der Waals surface area contributed by atoms with E-state index in [1.54, 1.807) is 6.92 Å². The highest BCUT2D eigenvalue weighted by Crippen LogP contribution is 2.29. The first-order valence-corrected chi connectivity index (χ1v) is 8.53. The van der Waals surface area contributed by atoms with Crippen LogP contribution in [0.3, 0.4) is 0 Å². The second-order valence-electron chi connectivity index (χ2n) is 6.33. The summed E-state index contributed by atoms with van der Waals surface area (Å²) in [6, 6.07) is 1.74. The highest BCUT2D eigenvalue weighted by molar-refractivity contribution is 5.83. The van der Waals surface area contributed by atoms with Gasteiger partial charge in [-0.3, -0.25) is 14.4 Å². The van der Waals surface area contributed by atoms with Gasteiger partial charge in [0.1, 0.15) is 0 Å². The van der Waals surface area contributed by atoms with Crippen molar-refractivity contribution >= 4 is 17.7 Å². The Balaban J connectivity index is 2.07. The van der Waals surface area contributed by atoms with Gasteiger partial charge in [0.25, 0.3) is 0 Å². The Morgan fingerprint density at radius 2 is 2.08 bits per heavy atom. The van der Waals surface area contributed by atoms with Crippen LogP contribution in [0.25, 0.3) is 0 Å². The van der Waals surface area contributed by atoms with E-state index in [9.17, 15) is 14.4 Å². The molecule has 1 saturated heterocycles. The predicted octanol–water partition coefficient (Wildman–Crippen LogP) is 0.393. The van der Waals surface area contributed by atoms with Gasteiger partial charge in [-0.1, -0.05) is 0 Å². The van der Waals surface area contributed by atoms with Crippen molar-refractivity contribution < 1.29 is 14.4 Å². The maximum atomic E-state index is 11.9. The van der Waals surface area contributed by atoms with E-state index in [1.165, 1.54) is 0 Å². The quantitative estimate of drug-likeness (QED) is 0.772. The van der Waals surface area contributed by atoms with E-state index in [1.807, 2.05) is 17.9 Å². The van der Waals surface area contributed by atoms with E-state index in [2.05, 4.69) is 15.3 Å². The molecule has 1 aromatic rings. The second-order valence-corrected chi connectivity index (χ2v) is 6.33. The van der Waals surface area contributed by atoms with Gasteiger partial charge in [-0.05, 0) is 38.7 Å². The molecule has 1 fully saturated rings. The molecule has 2 rings (SSSR count).